The van der Waals surface area contributed by atoms with Gasteiger partial charge in [-0.1, -0.05) is 23.7 Å². The number of carbonyl (C=O) groups excluding carboxylic acids is 1. The van der Waals surface area contributed by atoms with E-state index < -0.39 is 40.0 Å². The summed E-state index contributed by atoms with van der Waals surface area (Å²) < 4.78 is 48.4. The molecule has 2 N–H and O–H groups in total. The smallest absolute Gasteiger partial charge is 0.415 e. The number of aryl methyl sites for hydroxylation is 1. The van der Waals surface area contributed by atoms with Gasteiger partial charge in [-0.2, -0.15) is 0 Å². The number of anilines is 2. The lowest BCUT2D eigenvalue weighted by atomic mass is 10.0. The van der Waals surface area contributed by atoms with E-state index in [1.165, 1.54) is 42.6 Å². The summed E-state index contributed by atoms with van der Waals surface area (Å²) in [4.78, 5) is 28.6. The number of pyridine rings is 1. The first-order valence-electron chi connectivity index (χ1n) is 10.9. The minimum absolute atomic E-state index is 0.0259. The van der Waals surface area contributed by atoms with Gasteiger partial charge in [0.25, 0.3) is 10.0 Å². The van der Waals surface area contributed by atoms with Crippen LogP contribution in [0.1, 0.15) is 26.3 Å². The number of hydrogen-bond acceptors (Lipinski definition) is 6. The van der Waals surface area contributed by atoms with Gasteiger partial charge in [0.15, 0.2) is 0 Å². The molecule has 1 heterocycles. The van der Waals surface area contributed by atoms with Crippen molar-refractivity contribution in [2.75, 3.05) is 16.2 Å². The molecular weight excluding hydrogens is 525 g/mol. The number of rotatable bonds is 7. The molecule has 0 radical (unpaired) electrons. The molecule has 3 rings (SSSR count). The summed E-state index contributed by atoms with van der Waals surface area (Å²) in [6.07, 6.45) is 1.77. The summed E-state index contributed by atoms with van der Waals surface area (Å²) >= 11 is 6.06. The molecule has 0 aliphatic carbocycles. The van der Waals surface area contributed by atoms with Crippen LogP contribution in [-0.2, 0) is 19.6 Å². The number of halogens is 2. The average Bonchev–Trinajstić information content (AvgIpc) is 2.78. The molecule has 0 aliphatic rings. The van der Waals surface area contributed by atoms with Gasteiger partial charge in [0.2, 0.25) is 0 Å². The van der Waals surface area contributed by atoms with Crippen LogP contribution in [0.2, 0.25) is 5.02 Å². The molecule has 1 amide bonds. The Kier molecular flexibility index (Phi) is 8.09. The van der Waals surface area contributed by atoms with Crippen LogP contribution in [-0.4, -0.2) is 42.7 Å². The van der Waals surface area contributed by atoms with E-state index >= 15 is 0 Å². The standard InChI is InChI=1S/C25H25ClFN3O6S/c1-15-9-19(13-28-12-15)37(34,35)29-23-20(10-17(26)11-21(23)27)16-5-7-18(8-6-16)30(14-22(31)32)24(33)36-25(2,3)4/h5-13,29H,14H2,1-4H3,(H,31,32). The number of sulfonamides is 1. The van der Waals surface area contributed by atoms with Crippen LogP contribution in [0.4, 0.5) is 20.6 Å². The van der Waals surface area contributed by atoms with Crippen LogP contribution in [0.3, 0.4) is 0 Å². The van der Waals surface area contributed by atoms with Crippen LogP contribution >= 0.6 is 11.6 Å². The lowest BCUT2D eigenvalue weighted by Gasteiger charge is -2.26. The van der Waals surface area contributed by atoms with Crippen molar-refractivity contribution in [1.29, 1.82) is 0 Å². The molecule has 0 saturated carbocycles. The van der Waals surface area contributed by atoms with Gasteiger partial charge in [-0.15, -0.1) is 0 Å². The Morgan fingerprint density at radius 1 is 1.14 bits per heavy atom. The molecule has 0 atom stereocenters. The molecule has 12 heteroatoms. The Bertz CT molecular complexity index is 1440. The molecule has 0 fully saturated rings. The Morgan fingerprint density at radius 2 is 1.78 bits per heavy atom. The van der Waals surface area contributed by atoms with Crippen molar-refractivity contribution < 1.29 is 32.2 Å². The van der Waals surface area contributed by atoms with Crippen LogP contribution in [0, 0.1) is 12.7 Å². The molecule has 9 nitrogen and oxygen atoms in total. The lowest BCUT2D eigenvalue weighted by Crippen LogP contribution is -2.40. The predicted octanol–water partition coefficient (Wildman–Crippen LogP) is 5.48. The van der Waals surface area contributed by atoms with Gasteiger partial charge in [0.1, 0.15) is 22.9 Å². The summed E-state index contributed by atoms with van der Waals surface area (Å²) in [5.41, 5.74) is 0.0908. The maximum absolute atomic E-state index is 15.0. The highest BCUT2D eigenvalue weighted by atomic mass is 35.5. The normalized spacial score (nSPS) is 11.6. The molecule has 0 saturated heterocycles. The average molecular weight is 550 g/mol. The monoisotopic (exact) mass is 549 g/mol. The summed E-state index contributed by atoms with van der Waals surface area (Å²) in [6.45, 7) is 5.96. The highest BCUT2D eigenvalue weighted by molar-refractivity contribution is 7.92. The number of aliphatic carboxylic acids is 1. The maximum atomic E-state index is 15.0. The molecule has 0 spiro atoms. The molecule has 0 bridgehead atoms. The molecular formula is C25H25ClFN3O6S. The van der Waals surface area contributed by atoms with Crippen molar-refractivity contribution >= 4 is 45.1 Å². The zero-order valence-electron chi connectivity index (χ0n) is 20.5. The number of carbonyl (C=O) groups is 2. The molecule has 3 aromatic rings. The number of aromatic nitrogens is 1. The fraction of sp³-hybridized carbons (Fsp3) is 0.240. The fourth-order valence-corrected chi connectivity index (χ4v) is 4.65. The molecule has 37 heavy (non-hydrogen) atoms. The fourth-order valence-electron chi connectivity index (χ4n) is 3.31. The first kappa shape index (κ1) is 27.9. The van der Waals surface area contributed by atoms with Crippen LogP contribution < -0.4 is 9.62 Å². The van der Waals surface area contributed by atoms with Crippen molar-refractivity contribution in [3.8, 4) is 11.1 Å². The van der Waals surface area contributed by atoms with Crippen molar-refractivity contribution in [1.82, 2.24) is 4.98 Å². The number of ether oxygens (including phenoxy) is 1. The minimum Gasteiger partial charge on any atom is -0.480 e. The first-order valence-corrected chi connectivity index (χ1v) is 12.8. The number of nitrogens with zero attached hydrogens (tertiary/aromatic N) is 2. The quantitative estimate of drug-likeness (QED) is 0.400. The van der Waals surface area contributed by atoms with Crippen molar-refractivity contribution in [3.05, 3.63) is 71.3 Å². The molecule has 0 aliphatic heterocycles. The van der Waals surface area contributed by atoms with E-state index in [9.17, 15) is 27.5 Å². The van der Waals surface area contributed by atoms with E-state index in [0.29, 0.717) is 11.1 Å². The molecule has 196 valence electrons. The van der Waals surface area contributed by atoms with E-state index in [-0.39, 0.29) is 26.9 Å². The third kappa shape index (κ3) is 7.17. The highest BCUT2D eigenvalue weighted by Crippen LogP contribution is 2.36. The van der Waals surface area contributed by atoms with Gasteiger partial charge in [-0.25, -0.2) is 17.6 Å². The second-order valence-electron chi connectivity index (χ2n) is 9.12. The third-order valence-corrected chi connectivity index (χ3v) is 6.38. The summed E-state index contributed by atoms with van der Waals surface area (Å²) in [6, 6.07) is 9.58. The largest absolute Gasteiger partial charge is 0.480 e. The second-order valence-corrected chi connectivity index (χ2v) is 11.2. The van der Waals surface area contributed by atoms with Crippen molar-refractivity contribution in [2.45, 2.75) is 38.2 Å². The predicted molar refractivity (Wildman–Crippen MR) is 138 cm³/mol. The SMILES string of the molecule is Cc1cncc(S(=O)(=O)Nc2c(F)cc(Cl)cc2-c2ccc(N(CC(=O)O)C(=O)OC(C)(C)C)cc2)c1. The summed E-state index contributed by atoms with van der Waals surface area (Å²) in [5.74, 6) is -2.16. The summed E-state index contributed by atoms with van der Waals surface area (Å²) in [7, 11) is -4.20. The van der Waals surface area contributed by atoms with Gasteiger partial charge in [0.05, 0.1) is 5.69 Å². The van der Waals surface area contributed by atoms with E-state index in [1.807, 2.05) is 0 Å². The van der Waals surface area contributed by atoms with Gasteiger partial charge < -0.3 is 9.84 Å². The van der Waals surface area contributed by atoms with E-state index in [0.717, 1.165) is 17.2 Å². The molecule has 2 aromatic carbocycles. The van der Waals surface area contributed by atoms with Gasteiger partial charge >= 0.3 is 12.1 Å². The van der Waals surface area contributed by atoms with E-state index in [4.69, 9.17) is 16.3 Å². The number of amides is 1. The highest BCUT2D eigenvalue weighted by Gasteiger charge is 2.26. The Balaban J connectivity index is 2.02. The maximum Gasteiger partial charge on any atom is 0.415 e. The Morgan fingerprint density at radius 3 is 2.35 bits per heavy atom. The Hall–Kier alpha value is -3.70. The van der Waals surface area contributed by atoms with Crippen LogP contribution in [0.25, 0.3) is 11.1 Å². The van der Waals surface area contributed by atoms with E-state index in [2.05, 4.69) is 9.71 Å². The third-order valence-electron chi connectivity index (χ3n) is 4.85. The van der Waals surface area contributed by atoms with Crippen molar-refractivity contribution in [2.24, 2.45) is 0 Å². The number of carboxylic acid groups (broad SMARTS) is 1. The van der Waals surface area contributed by atoms with Gasteiger partial charge in [-0.05, 0) is 69.2 Å². The molecule has 0 unspecified atom stereocenters. The number of carboxylic acids is 1. The lowest BCUT2D eigenvalue weighted by molar-refractivity contribution is -0.135. The van der Waals surface area contributed by atoms with Crippen molar-refractivity contribution in [3.63, 3.8) is 0 Å². The Labute approximate surface area is 218 Å². The van der Waals surface area contributed by atoms with E-state index in [1.54, 1.807) is 27.7 Å². The zero-order chi connectivity index (χ0) is 27.5. The van der Waals surface area contributed by atoms with Gasteiger partial charge in [0, 0.05) is 28.7 Å². The second kappa shape index (κ2) is 10.7. The minimum atomic E-state index is -4.20. The number of nitrogens with one attached hydrogen (secondary N) is 1. The number of benzene rings is 2. The molecule has 1 aromatic heterocycles. The zero-order valence-corrected chi connectivity index (χ0v) is 22.0. The van der Waals surface area contributed by atoms with Crippen LogP contribution in [0.5, 0.6) is 0 Å². The van der Waals surface area contributed by atoms with Gasteiger partial charge in [-0.3, -0.25) is 19.4 Å². The number of hydrogen-bond donors (Lipinski definition) is 2. The van der Waals surface area contributed by atoms with Crippen LogP contribution in [0.15, 0.2) is 59.8 Å². The summed E-state index contributed by atoms with van der Waals surface area (Å²) in [5, 5.41) is 9.29. The topological polar surface area (TPSA) is 126 Å². The first-order chi connectivity index (χ1) is 17.2.